The maximum absolute atomic E-state index is 11.9. The van der Waals surface area contributed by atoms with Crippen LogP contribution in [0.25, 0.3) is 0 Å². The second-order valence-corrected chi connectivity index (χ2v) is 5.40. The van der Waals surface area contributed by atoms with Crippen molar-refractivity contribution in [1.82, 2.24) is 10.2 Å². The van der Waals surface area contributed by atoms with Crippen molar-refractivity contribution in [2.45, 2.75) is 32.7 Å². The number of hydrogen-bond acceptors (Lipinski definition) is 3. The van der Waals surface area contributed by atoms with Gasteiger partial charge in [0, 0.05) is 19.1 Å². The Morgan fingerprint density at radius 3 is 2.45 bits per heavy atom. The van der Waals surface area contributed by atoms with E-state index in [4.69, 9.17) is 5.11 Å². The molecule has 0 spiro atoms. The normalized spacial score (nSPS) is 12.7. The predicted molar refractivity (Wildman–Crippen MR) is 81.7 cm³/mol. The summed E-state index contributed by atoms with van der Waals surface area (Å²) in [5.74, 6) is 0.306. The zero-order valence-corrected chi connectivity index (χ0v) is 12.7. The van der Waals surface area contributed by atoms with E-state index < -0.39 is 0 Å². The molecule has 0 aromatic heterocycles. The molecular formula is C16H26N2O2. The van der Waals surface area contributed by atoms with Crippen molar-refractivity contribution >= 4 is 5.91 Å². The van der Waals surface area contributed by atoms with Gasteiger partial charge in [0.25, 0.3) is 0 Å². The van der Waals surface area contributed by atoms with Crippen LogP contribution in [0, 0.1) is 0 Å². The van der Waals surface area contributed by atoms with E-state index in [0.717, 1.165) is 0 Å². The van der Waals surface area contributed by atoms with Gasteiger partial charge in [0.05, 0.1) is 13.2 Å². The van der Waals surface area contributed by atoms with E-state index >= 15 is 0 Å². The number of amides is 1. The third-order valence-corrected chi connectivity index (χ3v) is 3.44. The fraction of sp³-hybridized carbons (Fsp3) is 0.562. The third-order valence-electron chi connectivity index (χ3n) is 3.44. The lowest BCUT2D eigenvalue weighted by Gasteiger charge is -2.25. The van der Waals surface area contributed by atoms with Gasteiger partial charge in [-0.25, -0.2) is 0 Å². The van der Waals surface area contributed by atoms with Crippen LogP contribution in [-0.2, 0) is 4.79 Å². The Hall–Kier alpha value is -1.39. The highest BCUT2D eigenvalue weighted by Gasteiger charge is 2.14. The Bertz CT molecular complexity index is 393. The van der Waals surface area contributed by atoms with E-state index in [-0.39, 0.29) is 18.6 Å². The van der Waals surface area contributed by atoms with Crippen LogP contribution in [-0.4, -0.2) is 48.2 Å². The molecule has 0 fully saturated rings. The molecule has 1 amide bonds. The van der Waals surface area contributed by atoms with Crippen LogP contribution in [0.2, 0.25) is 0 Å². The smallest absolute Gasteiger partial charge is 0.234 e. The van der Waals surface area contributed by atoms with Crippen molar-refractivity contribution in [1.29, 1.82) is 0 Å². The molecule has 1 rings (SSSR count). The molecule has 0 saturated carbocycles. The molecule has 1 atom stereocenters. The summed E-state index contributed by atoms with van der Waals surface area (Å²) < 4.78 is 0. The van der Waals surface area contributed by atoms with Crippen molar-refractivity contribution in [3.05, 3.63) is 35.9 Å². The summed E-state index contributed by atoms with van der Waals surface area (Å²) in [6.45, 7) is 7.72. The van der Waals surface area contributed by atoms with Gasteiger partial charge in [-0.3, -0.25) is 9.69 Å². The Balaban J connectivity index is 2.39. The summed E-state index contributed by atoms with van der Waals surface area (Å²) in [6, 6.07) is 10.4. The lowest BCUT2D eigenvalue weighted by molar-refractivity contribution is -0.122. The molecule has 1 aromatic carbocycles. The van der Waals surface area contributed by atoms with E-state index in [0.29, 0.717) is 25.6 Å². The van der Waals surface area contributed by atoms with Crippen molar-refractivity contribution in [3.63, 3.8) is 0 Å². The van der Waals surface area contributed by atoms with Crippen molar-refractivity contribution in [3.8, 4) is 0 Å². The van der Waals surface area contributed by atoms with Crippen LogP contribution in [0.1, 0.15) is 32.3 Å². The lowest BCUT2D eigenvalue weighted by atomic mass is 10.0. The minimum atomic E-state index is 0.00920. The molecule has 112 valence electrons. The van der Waals surface area contributed by atoms with Crippen LogP contribution in [0.5, 0.6) is 0 Å². The van der Waals surface area contributed by atoms with Crippen LogP contribution in [0.15, 0.2) is 30.3 Å². The average molecular weight is 278 g/mol. The largest absolute Gasteiger partial charge is 0.395 e. The van der Waals surface area contributed by atoms with Gasteiger partial charge in [-0.15, -0.1) is 0 Å². The van der Waals surface area contributed by atoms with Gasteiger partial charge in [-0.2, -0.15) is 0 Å². The molecule has 0 aliphatic rings. The first-order valence-corrected chi connectivity index (χ1v) is 7.21. The number of nitrogens with one attached hydrogen (secondary N) is 1. The quantitative estimate of drug-likeness (QED) is 0.759. The summed E-state index contributed by atoms with van der Waals surface area (Å²) in [5.41, 5.74) is 1.23. The van der Waals surface area contributed by atoms with Gasteiger partial charge in [0.1, 0.15) is 0 Å². The highest BCUT2D eigenvalue weighted by molar-refractivity contribution is 5.78. The summed E-state index contributed by atoms with van der Waals surface area (Å²) in [6.07, 6.45) is 0. The van der Waals surface area contributed by atoms with Crippen LogP contribution < -0.4 is 5.32 Å². The van der Waals surface area contributed by atoms with Crippen LogP contribution in [0.3, 0.4) is 0 Å². The Kier molecular flexibility index (Phi) is 7.26. The fourth-order valence-electron chi connectivity index (χ4n) is 2.05. The van der Waals surface area contributed by atoms with E-state index in [1.807, 2.05) is 36.9 Å². The lowest BCUT2D eigenvalue weighted by Crippen LogP contribution is -2.42. The zero-order chi connectivity index (χ0) is 15.0. The number of aliphatic hydroxyl groups is 1. The van der Waals surface area contributed by atoms with Crippen molar-refractivity contribution in [2.24, 2.45) is 0 Å². The Labute approximate surface area is 121 Å². The SMILES string of the molecule is CC(CNC(=O)CN(CCO)C(C)C)c1ccccc1. The molecule has 0 aliphatic carbocycles. The molecule has 4 nitrogen and oxygen atoms in total. The first-order chi connectivity index (χ1) is 9.54. The van der Waals surface area contributed by atoms with Crippen molar-refractivity contribution < 1.29 is 9.90 Å². The minimum Gasteiger partial charge on any atom is -0.395 e. The molecule has 0 aliphatic heterocycles. The average Bonchev–Trinajstić information content (AvgIpc) is 2.45. The van der Waals surface area contributed by atoms with Crippen LogP contribution in [0.4, 0.5) is 0 Å². The van der Waals surface area contributed by atoms with E-state index in [9.17, 15) is 4.79 Å². The molecule has 4 heteroatoms. The Morgan fingerprint density at radius 2 is 1.90 bits per heavy atom. The Morgan fingerprint density at radius 1 is 1.25 bits per heavy atom. The number of rotatable bonds is 8. The molecule has 1 unspecified atom stereocenters. The van der Waals surface area contributed by atoms with Gasteiger partial charge < -0.3 is 10.4 Å². The molecule has 0 heterocycles. The maximum Gasteiger partial charge on any atom is 0.234 e. The fourth-order valence-corrected chi connectivity index (χ4v) is 2.05. The van der Waals surface area contributed by atoms with Gasteiger partial charge in [-0.1, -0.05) is 37.3 Å². The first-order valence-electron chi connectivity index (χ1n) is 7.21. The molecule has 0 radical (unpaired) electrons. The van der Waals surface area contributed by atoms with Gasteiger partial charge in [0.15, 0.2) is 0 Å². The van der Waals surface area contributed by atoms with Crippen LogP contribution >= 0.6 is 0 Å². The molecule has 0 saturated heterocycles. The number of hydrogen-bond donors (Lipinski definition) is 2. The number of aliphatic hydroxyl groups excluding tert-OH is 1. The summed E-state index contributed by atoms with van der Waals surface area (Å²) >= 11 is 0. The number of benzene rings is 1. The molecule has 1 aromatic rings. The van der Waals surface area contributed by atoms with Crippen molar-refractivity contribution in [2.75, 3.05) is 26.2 Å². The van der Waals surface area contributed by atoms with Gasteiger partial charge in [0.2, 0.25) is 5.91 Å². The summed E-state index contributed by atoms with van der Waals surface area (Å²) in [5, 5.41) is 12.0. The zero-order valence-electron chi connectivity index (χ0n) is 12.7. The number of carbonyl (C=O) groups is 1. The third kappa shape index (κ3) is 5.72. The standard InChI is InChI=1S/C16H26N2O2/c1-13(2)18(9-10-19)12-16(20)17-11-14(3)15-7-5-4-6-8-15/h4-8,13-14,19H,9-12H2,1-3H3,(H,17,20). The second kappa shape index (κ2) is 8.72. The monoisotopic (exact) mass is 278 g/mol. The molecular weight excluding hydrogens is 252 g/mol. The summed E-state index contributed by atoms with van der Waals surface area (Å²) in [4.78, 5) is 13.9. The highest BCUT2D eigenvalue weighted by Crippen LogP contribution is 2.12. The topological polar surface area (TPSA) is 52.6 Å². The summed E-state index contributed by atoms with van der Waals surface area (Å²) in [7, 11) is 0. The van der Waals surface area contributed by atoms with E-state index in [2.05, 4.69) is 24.4 Å². The van der Waals surface area contributed by atoms with Gasteiger partial charge in [-0.05, 0) is 25.3 Å². The molecule has 2 N–H and O–H groups in total. The van der Waals surface area contributed by atoms with Gasteiger partial charge >= 0.3 is 0 Å². The predicted octanol–water partition coefficient (Wildman–Crippen LogP) is 1.61. The first kappa shape index (κ1) is 16.7. The number of nitrogens with zero attached hydrogens (tertiary/aromatic N) is 1. The van der Waals surface area contributed by atoms with E-state index in [1.54, 1.807) is 0 Å². The molecule has 0 bridgehead atoms. The maximum atomic E-state index is 11.9. The molecule has 20 heavy (non-hydrogen) atoms. The highest BCUT2D eigenvalue weighted by atomic mass is 16.3. The minimum absolute atomic E-state index is 0.00920. The number of carbonyl (C=O) groups excluding carboxylic acids is 1. The second-order valence-electron chi connectivity index (χ2n) is 5.40. The van der Waals surface area contributed by atoms with E-state index in [1.165, 1.54) is 5.56 Å².